The maximum atomic E-state index is 5.43. The van der Waals surface area contributed by atoms with Crippen molar-refractivity contribution in [2.45, 2.75) is 20.3 Å². The average Bonchev–Trinajstić information content (AvgIpc) is 2.28. The Hall–Kier alpha value is -0.860. The van der Waals surface area contributed by atoms with E-state index in [1.807, 2.05) is 13.0 Å². The van der Waals surface area contributed by atoms with Gasteiger partial charge in [0.1, 0.15) is 0 Å². The minimum atomic E-state index is 0.601. The molecule has 0 aliphatic rings. The van der Waals surface area contributed by atoms with Gasteiger partial charge < -0.3 is 9.47 Å². The third-order valence-electron chi connectivity index (χ3n) is 2.11. The van der Waals surface area contributed by atoms with E-state index < -0.39 is 0 Å². The second kappa shape index (κ2) is 9.69. The Bertz CT molecular complexity index is 227. The third kappa shape index (κ3) is 7.11. The first kappa shape index (κ1) is 14.1. The molecule has 0 fully saturated rings. The first-order chi connectivity index (χ1) is 7.28. The highest BCUT2D eigenvalue weighted by Crippen LogP contribution is 2.08. The second-order valence-corrected chi connectivity index (χ2v) is 3.19. The van der Waals surface area contributed by atoms with Gasteiger partial charge in [-0.3, -0.25) is 0 Å². The van der Waals surface area contributed by atoms with Gasteiger partial charge in [-0.25, -0.2) is 0 Å². The van der Waals surface area contributed by atoms with Gasteiger partial charge in [-0.05, 0) is 18.9 Å². The van der Waals surface area contributed by atoms with Gasteiger partial charge in [-0.15, -0.1) is 0 Å². The molecule has 0 amide bonds. The number of rotatable bonds is 8. The number of allylic oxidation sites excluding steroid dienone is 3. The van der Waals surface area contributed by atoms with Crippen molar-refractivity contribution in [1.29, 1.82) is 0 Å². The molecule has 0 aliphatic carbocycles. The van der Waals surface area contributed by atoms with Crippen LogP contribution in [0.15, 0.2) is 36.0 Å². The van der Waals surface area contributed by atoms with Gasteiger partial charge >= 0.3 is 0 Å². The predicted octanol–water partition coefficient (Wildman–Crippen LogP) is 3.12. The van der Waals surface area contributed by atoms with Crippen molar-refractivity contribution in [2.24, 2.45) is 0 Å². The van der Waals surface area contributed by atoms with E-state index in [2.05, 4.69) is 25.7 Å². The zero-order chi connectivity index (χ0) is 11.5. The number of hydrogen-bond acceptors (Lipinski definition) is 2. The Morgan fingerprint density at radius 3 is 2.47 bits per heavy atom. The molecule has 0 spiro atoms. The molecule has 2 nitrogen and oxygen atoms in total. The van der Waals surface area contributed by atoms with E-state index in [1.54, 1.807) is 7.11 Å². The highest BCUT2D eigenvalue weighted by Gasteiger charge is 1.94. The molecule has 0 radical (unpaired) electrons. The van der Waals surface area contributed by atoms with Crippen LogP contribution < -0.4 is 0 Å². The molecule has 0 heterocycles. The predicted molar refractivity (Wildman–Crippen MR) is 65.0 cm³/mol. The molecule has 0 unspecified atom stereocenters. The number of ether oxygens (including phenoxy) is 2. The fraction of sp³-hybridized carbons (Fsp3) is 0.538. The average molecular weight is 210 g/mol. The van der Waals surface area contributed by atoms with Crippen LogP contribution in [0.2, 0.25) is 0 Å². The molecule has 0 aromatic heterocycles. The summed E-state index contributed by atoms with van der Waals surface area (Å²) in [6, 6.07) is 0. The van der Waals surface area contributed by atoms with Gasteiger partial charge in [0.15, 0.2) is 0 Å². The molecule has 0 aromatic rings. The molecular weight excluding hydrogens is 188 g/mol. The summed E-state index contributed by atoms with van der Waals surface area (Å²) in [5.41, 5.74) is 2.42. The fourth-order valence-electron chi connectivity index (χ4n) is 1.12. The minimum absolute atomic E-state index is 0.601. The van der Waals surface area contributed by atoms with Crippen LogP contribution in [0.1, 0.15) is 20.3 Å². The summed E-state index contributed by atoms with van der Waals surface area (Å²) in [5.74, 6) is 0. The highest BCUT2D eigenvalue weighted by atomic mass is 16.5. The lowest BCUT2D eigenvalue weighted by molar-refractivity contribution is 0.0832. The SMILES string of the molecule is C=C/C(=C\C(=C/C)CC)COCCOC. The topological polar surface area (TPSA) is 18.5 Å². The second-order valence-electron chi connectivity index (χ2n) is 3.19. The van der Waals surface area contributed by atoms with Crippen molar-refractivity contribution in [3.63, 3.8) is 0 Å². The van der Waals surface area contributed by atoms with Gasteiger partial charge in [-0.2, -0.15) is 0 Å². The Morgan fingerprint density at radius 2 is 2.00 bits per heavy atom. The van der Waals surface area contributed by atoms with E-state index in [9.17, 15) is 0 Å². The molecule has 0 aromatic carbocycles. The summed E-state index contributed by atoms with van der Waals surface area (Å²) >= 11 is 0. The van der Waals surface area contributed by atoms with E-state index in [0.717, 1.165) is 12.0 Å². The highest BCUT2D eigenvalue weighted by molar-refractivity contribution is 5.29. The smallest absolute Gasteiger partial charge is 0.0717 e. The molecule has 15 heavy (non-hydrogen) atoms. The zero-order valence-corrected chi connectivity index (χ0v) is 10.1. The molecular formula is C13H22O2. The van der Waals surface area contributed by atoms with E-state index in [1.165, 1.54) is 5.57 Å². The van der Waals surface area contributed by atoms with Crippen molar-refractivity contribution in [2.75, 3.05) is 26.9 Å². The lowest BCUT2D eigenvalue weighted by Crippen LogP contribution is -2.04. The summed E-state index contributed by atoms with van der Waals surface area (Å²) in [6.45, 7) is 9.81. The van der Waals surface area contributed by atoms with E-state index in [0.29, 0.717) is 19.8 Å². The lowest BCUT2D eigenvalue weighted by Gasteiger charge is -2.05. The lowest BCUT2D eigenvalue weighted by atomic mass is 10.1. The Balaban J connectivity index is 4.06. The summed E-state index contributed by atoms with van der Waals surface area (Å²) in [7, 11) is 1.67. The Labute approximate surface area is 93.3 Å². The van der Waals surface area contributed by atoms with E-state index >= 15 is 0 Å². The molecule has 0 atom stereocenters. The largest absolute Gasteiger partial charge is 0.382 e. The van der Waals surface area contributed by atoms with Crippen LogP contribution in [0.5, 0.6) is 0 Å². The quantitative estimate of drug-likeness (QED) is 0.452. The van der Waals surface area contributed by atoms with Crippen LogP contribution in [0.25, 0.3) is 0 Å². The minimum Gasteiger partial charge on any atom is -0.382 e. The van der Waals surface area contributed by atoms with Crippen LogP contribution in [-0.4, -0.2) is 26.9 Å². The Morgan fingerprint density at radius 1 is 1.27 bits per heavy atom. The molecule has 0 saturated heterocycles. The van der Waals surface area contributed by atoms with Crippen molar-refractivity contribution in [3.8, 4) is 0 Å². The Kier molecular flexibility index (Phi) is 9.13. The maximum absolute atomic E-state index is 5.43. The van der Waals surface area contributed by atoms with Gasteiger partial charge in [0.25, 0.3) is 0 Å². The summed E-state index contributed by atoms with van der Waals surface area (Å²) in [6.07, 6.45) is 7.11. The first-order valence-electron chi connectivity index (χ1n) is 5.33. The monoisotopic (exact) mass is 210 g/mol. The summed E-state index contributed by atoms with van der Waals surface area (Å²) in [4.78, 5) is 0. The van der Waals surface area contributed by atoms with Gasteiger partial charge in [0.2, 0.25) is 0 Å². The molecule has 2 heteroatoms. The molecule has 0 aliphatic heterocycles. The van der Waals surface area contributed by atoms with Crippen LogP contribution in [0.3, 0.4) is 0 Å². The van der Waals surface area contributed by atoms with E-state index in [4.69, 9.17) is 9.47 Å². The van der Waals surface area contributed by atoms with Crippen molar-refractivity contribution in [3.05, 3.63) is 36.0 Å². The number of methoxy groups -OCH3 is 1. The fourth-order valence-corrected chi connectivity index (χ4v) is 1.12. The normalized spacial score (nSPS) is 13.0. The molecule has 0 rings (SSSR count). The standard InChI is InChI=1S/C13H22O2/c1-5-12(6-2)10-13(7-3)11-15-9-8-14-4/h5,7,10H,3,6,8-9,11H2,1-2,4H3/b12-5-,13-10+. The van der Waals surface area contributed by atoms with Crippen molar-refractivity contribution >= 4 is 0 Å². The van der Waals surface area contributed by atoms with E-state index in [-0.39, 0.29) is 0 Å². The molecule has 0 bridgehead atoms. The maximum Gasteiger partial charge on any atom is 0.0717 e. The third-order valence-corrected chi connectivity index (χ3v) is 2.11. The summed E-state index contributed by atoms with van der Waals surface area (Å²) < 4.78 is 10.3. The van der Waals surface area contributed by atoms with Gasteiger partial charge in [0, 0.05) is 7.11 Å². The molecule has 0 N–H and O–H groups in total. The summed E-state index contributed by atoms with van der Waals surface area (Å²) in [5, 5.41) is 0. The van der Waals surface area contributed by atoms with Crippen LogP contribution in [-0.2, 0) is 9.47 Å². The van der Waals surface area contributed by atoms with Gasteiger partial charge in [-0.1, -0.05) is 37.3 Å². The number of hydrogen-bond donors (Lipinski definition) is 0. The van der Waals surface area contributed by atoms with Gasteiger partial charge in [0.05, 0.1) is 19.8 Å². The van der Waals surface area contributed by atoms with Crippen LogP contribution >= 0.6 is 0 Å². The molecule has 86 valence electrons. The molecule has 0 saturated carbocycles. The zero-order valence-electron chi connectivity index (χ0n) is 10.1. The van der Waals surface area contributed by atoms with Crippen molar-refractivity contribution < 1.29 is 9.47 Å². The van der Waals surface area contributed by atoms with Crippen molar-refractivity contribution in [1.82, 2.24) is 0 Å². The van der Waals surface area contributed by atoms with Crippen LogP contribution in [0, 0.1) is 0 Å². The first-order valence-corrected chi connectivity index (χ1v) is 5.33. The van der Waals surface area contributed by atoms with Crippen LogP contribution in [0.4, 0.5) is 0 Å².